The van der Waals surface area contributed by atoms with Gasteiger partial charge in [0.1, 0.15) is 11.5 Å². The number of para-hydroxylation sites is 2. The zero-order valence-electron chi connectivity index (χ0n) is 9.01. The molecule has 0 saturated heterocycles. The van der Waals surface area contributed by atoms with Crippen molar-refractivity contribution >= 4 is 11.4 Å². The molecular weight excluding hydrogens is 216 g/mol. The van der Waals surface area contributed by atoms with Crippen LogP contribution in [0.5, 0.6) is 11.5 Å². The Morgan fingerprint density at radius 3 is 1.59 bits per heavy atom. The van der Waals surface area contributed by atoms with E-state index in [1.165, 1.54) is 12.1 Å². The summed E-state index contributed by atoms with van der Waals surface area (Å²) in [6, 6.07) is 9.72. The quantitative estimate of drug-likeness (QED) is 0.465. The molecule has 0 spiro atoms. The summed E-state index contributed by atoms with van der Waals surface area (Å²) in [5, 5.41) is 18.9. The Bertz CT molecular complexity index is 504. The molecule has 2 rings (SSSR count). The fourth-order valence-corrected chi connectivity index (χ4v) is 1.47. The van der Waals surface area contributed by atoms with E-state index in [-0.39, 0.29) is 22.9 Å². The molecule has 0 saturated carbocycles. The summed E-state index contributed by atoms with van der Waals surface area (Å²) in [6.45, 7) is 0. The van der Waals surface area contributed by atoms with Crippen LogP contribution in [0.15, 0.2) is 36.4 Å². The molecule has 0 aliphatic carbocycles. The zero-order valence-corrected chi connectivity index (χ0v) is 9.01. The molecule has 6 N–H and O–H groups in total. The molecule has 0 atom stereocenters. The van der Waals surface area contributed by atoms with Crippen LogP contribution in [0.25, 0.3) is 0 Å². The Balaban J connectivity index is 2.38. The lowest BCUT2D eigenvalue weighted by Crippen LogP contribution is -1.97. The van der Waals surface area contributed by atoms with Crippen molar-refractivity contribution in [3.05, 3.63) is 53.9 Å². The number of phenolic OH excluding ortho intramolecular Hbond substituents is 2. The van der Waals surface area contributed by atoms with Crippen LogP contribution in [0.3, 0.4) is 0 Å². The molecule has 2 aromatic carbocycles. The second-order valence-electron chi connectivity index (χ2n) is 3.60. The van der Waals surface area contributed by atoms with Gasteiger partial charge in [-0.15, -0.1) is 0 Å². The Morgan fingerprint density at radius 2 is 1.18 bits per heavy atom. The number of hydrogen-bond acceptors (Lipinski definition) is 4. The van der Waals surface area contributed by atoms with Gasteiger partial charge in [-0.25, -0.2) is 0 Å². The van der Waals surface area contributed by atoms with Crippen molar-refractivity contribution in [1.82, 2.24) is 0 Å². The van der Waals surface area contributed by atoms with Gasteiger partial charge >= 0.3 is 0 Å². The molecule has 0 amide bonds. The molecule has 2 radical (unpaired) electrons. The van der Waals surface area contributed by atoms with Crippen LogP contribution in [0.4, 0.5) is 11.4 Å². The third-order valence-corrected chi connectivity index (χ3v) is 2.44. The average molecular weight is 228 g/mol. The summed E-state index contributed by atoms with van der Waals surface area (Å²) < 4.78 is 0. The fraction of sp³-hybridized carbons (Fsp3) is 0. The van der Waals surface area contributed by atoms with Gasteiger partial charge < -0.3 is 21.7 Å². The van der Waals surface area contributed by atoms with E-state index in [1.54, 1.807) is 24.3 Å². The minimum absolute atomic E-state index is 0.00581. The minimum Gasteiger partial charge on any atom is -0.506 e. The van der Waals surface area contributed by atoms with Crippen molar-refractivity contribution in [1.29, 1.82) is 0 Å². The van der Waals surface area contributed by atoms with E-state index < -0.39 is 0 Å². The monoisotopic (exact) mass is 228 g/mol. The van der Waals surface area contributed by atoms with Crippen LogP contribution < -0.4 is 11.5 Å². The first kappa shape index (κ1) is 11.1. The molecule has 2 aromatic rings. The van der Waals surface area contributed by atoms with E-state index in [0.717, 1.165) is 0 Å². The van der Waals surface area contributed by atoms with Crippen molar-refractivity contribution in [3.63, 3.8) is 0 Å². The average Bonchev–Trinajstić information content (AvgIpc) is 2.31. The Morgan fingerprint density at radius 1 is 0.765 bits per heavy atom. The Kier molecular flexibility index (Phi) is 2.78. The molecule has 0 aliphatic heterocycles. The Hall–Kier alpha value is -2.36. The van der Waals surface area contributed by atoms with Crippen molar-refractivity contribution < 1.29 is 10.2 Å². The van der Waals surface area contributed by atoms with E-state index in [1.807, 2.05) is 0 Å². The number of benzene rings is 2. The maximum atomic E-state index is 9.46. The zero-order chi connectivity index (χ0) is 12.4. The lowest BCUT2D eigenvalue weighted by molar-refractivity contribution is 0.477. The number of nitrogen functional groups attached to an aromatic ring is 2. The molecule has 4 heteroatoms. The highest BCUT2D eigenvalue weighted by atomic mass is 16.3. The fourth-order valence-electron chi connectivity index (χ4n) is 1.47. The van der Waals surface area contributed by atoms with Gasteiger partial charge in [-0.1, -0.05) is 24.3 Å². The highest BCUT2D eigenvalue weighted by Crippen LogP contribution is 2.31. The maximum Gasteiger partial charge on any atom is 0.138 e. The maximum absolute atomic E-state index is 9.46. The van der Waals surface area contributed by atoms with Crippen molar-refractivity contribution in [3.8, 4) is 11.5 Å². The second kappa shape index (κ2) is 4.25. The smallest absolute Gasteiger partial charge is 0.138 e. The van der Waals surface area contributed by atoms with Gasteiger partial charge in [0.05, 0.1) is 17.8 Å². The largest absolute Gasteiger partial charge is 0.506 e. The van der Waals surface area contributed by atoms with Crippen molar-refractivity contribution in [2.45, 2.75) is 0 Å². The van der Waals surface area contributed by atoms with Crippen molar-refractivity contribution in [2.24, 2.45) is 0 Å². The highest BCUT2D eigenvalue weighted by Gasteiger charge is 2.09. The van der Waals surface area contributed by atoms with Crippen LogP contribution in [-0.2, 0) is 0 Å². The van der Waals surface area contributed by atoms with Gasteiger partial charge in [0.2, 0.25) is 0 Å². The molecule has 0 aliphatic rings. The summed E-state index contributed by atoms with van der Waals surface area (Å²) in [5.74, 6) is -0.0116. The molecule has 86 valence electrons. The molecule has 0 aromatic heterocycles. The first-order valence-corrected chi connectivity index (χ1v) is 5.01. The molecule has 0 bridgehead atoms. The summed E-state index contributed by atoms with van der Waals surface area (Å²) in [6.07, 6.45) is 2.95. The van der Waals surface area contributed by atoms with Crippen LogP contribution in [0.1, 0.15) is 11.1 Å². The van der Waals surface area contributed by atoms with Gasteiger partial charge in [0.25, 0.3) is 0 Å². The van der Waals surface area contributed by atoms with Crippen LogP contribution in [0, 0.1) is 6.42 Å². The third kappa shape index (κ3) is 2.10. The first-order chi connectivity index (χ1) is 8.09. The summed E-state index contributed by atoms with van der Waals surface area (Å²) in [4.78, 5) is 0. The SMILES string of the molecule is Nc1c(O)cccc1[C]c1cccc(O)c1N. The van der Waals surface area contributed by atoms with Gasteiger partial charge in [-0.2, -0.15) is 0 Å². The standard InChI is InChI=1S/C13H12N2O2/c14-12-8(3-1-5-10(12)16)7-9-4-2-6-11(17)13(9)15/h1-6,16-17H,14-15H2. The normalized spacial score (nSPS) is 10.4. The number of hydrogen-bond donors (Lipinski definition) is 4. The molecule has 0 fully saturated rings. The topological polar surface area (TPSA) is 92.5 Å². The van der Waals surface area contributed by atoms with Crippen LogP contribution >= 0.6 is 0 Å². The predicted octanol–water partition coefficient (Wildman–Crippen LogP) is 1.74. The molecule has 4 nitrogen and oxygen atoms in total. The third-order valence-electron chi connectivity index (χ3n) is 2.44. The Labute approximate surface area is 99.1 Å². The number of aromatic hydroxyl groups is 2. The predicted molar refractivity (Wildman–Crippen MR) is 66.5 cm³/mol. The van der Waals surface area contributed by atoms with Gasteiger partial charge in [-0.05, 0) is 23.3 Å². The van der Waals surface area contributed by atoms with Crippen LogP contribution in [0.2, 0.25) is 0 Å². The highest BCUT2D eigenvalue weighted by molar-refractivity contribution is 5.68. The van der Waals surface area contributed by atoms with Gasteiger partial charge in [0, 0.05) is 0 Å². The van der Waals surface area contributed by atoms with Crippen molar-refractivity contribution in [2.75, 3.05) is 11.5 Å². The summed E-state index contributed by atoms with van der Waals surface area (Å²) >= 11 is 0. The number of rotatable bonds is 2. The van der Waals surface area contributed by atoms with E-state index >= 15 is 0 Å². The van der Waals surface area contributed by atoms with Gasteiger partial charge in [-0.3, -0.25) is 0 Å². The lowest BCUT2D eigenvalue weighted by Gasteiger charge is -2.09. The minimum atomic E-state index is -0.00581. The number of nitrogens with two attached hydrogens (primary N) is 2. The molecule has 17 heavy (non-hydrogen) atoms. The summed E-state index contributed by atoms with van der Waals surface area (Å²) in [7, 11) is 0. The van der Waals surface area contributed by atoms with E-state index in [4.69, 9.17) is 11.5 Å². The van der Waals surface area contributed by atoms with Crippen LogP contribution in [-0.4, -0.2) is 10.2 Å². The van der Waals surface area contributed by atoms with E-state index in [9.17, 15) is 10.2 Å². The molecule has 0 heterocycles. The lowest BCUT2D eigenvalue weighted by atomic mass is 10.0. The first-order valence-electron chi connectivity index (χ1n) is 5.01. The van der Waals surface area contributed by atoms with E-state index in [0.29, 0.717) is 11.1 Å². The van der Waals surface area contributed by atoms with Gasteiger partial charge in [0.15, 0.2) is 0 Å². The number of anilines is 2. The summed E-state index contributed by atoms with van der Waals surface area (Å²) in [5.41, 5.74) is 12.9. The molecule has 0 unspecified atom stereocenters. The number of phenols is 2. The van der Waals surface area contributed by atoms with E-state index in [2.05, 4.69) is 6.42 Å². The molecular formula is C13H12N2O2. The second-order valence-corrected chi connectivity index (χ2v) is 3.60.